The van der Waals surface area contributed by atoms with E-state index in [-0.39, 0.29) is 6.42 Å². The summed E-state index contributed by atoms with van der Waals surface area (Å²) in [7, 11) is -3.35. The molecule has 0 atom stereocenters. The maximum atomic E-state index is 11.4. The lowest BCUT2D eigenvalue weighted by Gasteiger charge is -2.05. The minimum Gasteiger partial charge on any atom is -0.481 e. The zero-order chi connectivity index (χ0) is 14.5. The molecule has 1 amide bonds. The number of nitrogens with one attached hydrogen (secondary N) is 1. The highest BCUT2D eigenvalue weighted by molar-refractivity contribution is 7.91. The Morgan fingerprint density at radius 1 is 1.21 bits per heavy atom. The molecule has 0 aliphatic carbocycles. The minimum atomic E-state index is -3.35. The first kappa shape index (κ1) is 15.2. The van der Waals surface area contributed by atoms with Crippen molar-refractivity contribution in [3.8, 4) is 0 Å². The monoisotopic (exact) mass is 285 g/mol. The molecule has 0 aliphatic heterocycles. The van der Waals surface area contributed by atoms with Crippen molar-refractivity contribution >= 4 is 27.4 Å². The maximum absolute atomic E-state index is 11.4. The van der Waals surface area contributed by atoms with E-state index >= 15 is 0 Å². The predicted octanol–water partition coefficient (Wildman–Crippen LogP) is 0.687. The Morgan fingerprint density at radius 2 is 1.79 bits per heavy atom. The quantitative estimate of drug-likeness (QED) is 0.800. The third-order valence-corrected chi connectivity index (χ3v) is 3.05. The molecule has 1 rings (SSSR count). The number of hydrogen-bond acceptors (Lipinski definition) is 4. The van der Waals surface area contributed by atoms with Crippen molar-refractivity contribution in [1.82, 2.24) is 0 Å². The van der Waals surface area contributed by atoms with E-state index in [0.29, 0.717) is 12.1 Å². The minimum absolute atomic E-state index is 0.0415. The van der Waals surface area contributed by atoms with Gasteiger partial charge in [-0.15, -0.1) is 0 Å². The number of amides is 1. The number of carboxylic acids is 1. The third-order valence-electron chi connectivity index (χ3n) is 2.26. The van der Waals surface area contributed by atoms with Crippen molar-refractivity contribution in [2.75, 3.05) is 17.3 Å². The molecule has 0 heterocycles. The normalized spacial score (nSPS) is 11.0. The molecule has 1 aromatic carbocycles. The second-order valence-corrected chi connectivity index (χ2v) is 6.35. The molecule has 0 unspecified atom stereocenters. The maximum Gasteiger partial charge on any atom is 0.303 e. The van der Waals surface area contributed by atoms with Gasteiger partial charge in [-0.2, -0.15) is 0 Å². The molecule has 1 aromatic rings. The Morgan fingerprint density at radius 3 is 2.26 bits per heavy atom. The third kappa shape index (κ3) is 6.56. The summed E-state index contributed by atoms with van der Waals surface area (Å²) in [6.07, 6.45) is 1.44. The Hall–Kier alpha value is -1.89. The molecule has 0 aliphatic rings. The van der Waals surface area contributed by atoms with E-state index in [1.807, 2.05) is 0 Å². The van der Waals surface area contributed by atoms with Gasteiger partial charge in [0.05, 0.1) is 0 Å². The number of hydrogen-bond donors (Lipinski definition) is 2. The lowest BCUT2D eigenvalue weighted by Crippen LogP contribution is -2.21. The van der Waals surface area contributed by atoms with E-state index in [9.17, 15) is 18.0 Å². The topological polar surface area (TPSA) is 101 Å². The standard InChI is InChI=1S/C12H15NO5S/c1-19(17,18)8-11(14)13-10-5-2-9(3-6-10)4-7-12(15)16/h2-3,5-6H,4,7-8H2,1H3,(H,13,14)(H,15,16). The molecule has 0 spiro atoms. The van der Waals surface area contributed by atoms with Crippen molar-refractivity contribution in [2.24, 2.45) is 0 Å². The van der Waals surface area contributed by atoms with E-state index < -0.39 is 27.5 Å². The van der Waals surface area contributed by atoms with Crippen LogP contribution in [0.25, 0.3) is 0 Å². The van der Waals surface area contributed by atoms with Crippen LogP contribution in [0.5, 0.6) is 0 Å². The van der Waals surface area contributed by atoms with Crippen LogP contribution in [0.15, 0.2) is 24.3 Å². The van der Waals surface area contributed by atoms with Crippen LogP contribution in [0.4, 0.5) is 5.69 Å². The van der Waals surface area contributed by atoms with Crippen molar-refractivity contribution in [3.05, 3.63) is 29.8 Å². The summed E-state index contributed by atoms with van der Waals surface area (Å²) in [5, 5.41) is 11.0. The molecule has 0 bridgehead atoms. The molecule has 0 aromatic heterocycles. The zero-order valence-electron chi connectivity index (χ0n) is 10.4. The highest BCUT2D eigenvalue weighted by Crippen LogP contribution is 2.11. The SMILES string of the molecule is CS(=O)(=O)CC(=O)Nc1ccc(CCC(=O)O)cc1. The summed E-state index contributed by atoms with van der Waals surface area (Å²) in [6, 6.07) is 6.60. The molecular formula is C12H15NO5S. The highest BCUT2D eigenvalue weighted by Gasteiger charge is 2.10. The van der Waals surface area contributed by atoms with E-state index in [0.717, 1.165) is 11.8 Å². The Kier molecular flexibility index (Phi) is 5.05. The summed E-state index contributed by atoms with van der Waals surface area (Å²) in [4.78, 5) is 21.8. The molecular weight excluding hydrogens is 270 g/mol. The molecule has 0 saturated heterocycles. The van der Waals surface area contributed by atoms with E-state index in [1.54, 1.807) is 24.3 Å². The second-order valence-electron chi connectivity index (χ2n) is 4.21. The van der Waals surface area contributed by atoms with Gasteiger partial charge in [0, 0.05) is 18.4 Å². The number of carbonyl (C=O) groups excluding carboxylic acids is 1. The van der Waals surface area contributed by atoms with Crippen LogP contribution in [0.2, 0.25) is 0 Å². The fourth-order valence-corrected chi connectivity index (χ4v) is 1.99. The molecule has 0 saturated carbocycles. The fraction of sp³-hybridized carbons (Fsp3) is 0.333. The number of aliphatic carboxylic acids is 1. The lowest BCUT2D eigenvalue weighted by molar-refractivity contribution is -0.137. The first-order chi connectivity index (χ1) is 8.76. The van der Waals surface area contributed by atoms with Crippen molar-refractivity contribution in [1.29, 1.82) is 0 Å². The number of aryl methyl sites for hydroxylation is 1. The van der Waals surface area contributed by atoms with Crippen LogP contribution in [-0.2, 0) is 25.8 Å². The van der Waals surface area contributed by atoms with Gasteiger partial charge in [-0.05, 0) is 24.1 Å². The van der Waals surface area contributed by atoms with Crippen LogP contribution in [-0.4, -0.2) is 37.4 Å². The van der Waals surface area contributed by atoms with Gasteiger partial charge >= 0.3 is 5.97 Å². The lowest BCUT2D eigenvalue weighted by atomic mass is 10.1. The summed E-state index contributed by atoms with van der Waals surface area (Å²) in [6.45, 7) is 0. The number of rotatable bonds is 6. The molecule has 0 radical (unpaired) electrons. The Bertz CT molecular complexity index is 562. The number of carbonyl (C=O) groups is 2. The number of carboxylic acid groups (broad SMARTS) is 1. The molecule has 2 N–H and O–H groups in total. The van der Waals surface area contributed by atoms with E-state index in [2.05, 4.69) is 5.32 Å². The summed E-state index contributed by atoms with van der Waals surface area (Å²) in [5.41, 5.74) is 1.32. The smallest absolute Gasteiger partial charge is 0.303 e. The summed E-state index contributed by atoms with van der Waals surface area (Å²) >= 11 is 0. The largest absolute Gasteiger partial charge is 0.481 e. The van der Waals surface area contributed by atoms with Gasteiger partial charge < -0.3 is 10.4 Å². The van der Waals surface area contributed by atoms with Crippen LogP contribution >= 0.6 is 0 Å². The number of benzene rings is 1. The summed E-state index contributed by atoms with van der Waals surface area (Å²) < 4.78 is 21.8. The second kappa shape index (κ2) is 6.33. The molecule has 0 fully saturated rings. The van der Waals surface area contributed by atoms with Gasteiger partial charge in [-0.25, -0.2) is 8.42 Å². The zero-order valence-corrected chi connectivity index (χ0v) is 11.2. The van der Waals surface area contributed by atoms with Gasteiger partial charge in [0.25, 0.3) is 0 Å². The Balaban J connectivity index is 2.57. The number of anilines is 1. The van der Waals surface area contributed by atoms with Gasteiger partial charge in [-0.3, -0.25) is 9.59 Å². The van der Waals surface area contributed by atoms with E-state index in [4.69, 9.17) is 5.11 Å². The van der Waals surface area contributed by atoms with E-state index in [1.165, 1.54) is 0 Å². The van der Waals surface area contributed by atoms with Crippen LogP contribution in [0.3, 0.4) is 0 Å². The predicted molar refractivity (Wildman–Crippen MR) is 70.7 cm³/mol. The van der Waals surface area contributed by atoms with Gasteiger partial charge in [0.2, 0.25) is 5.91 Å². The first-order valence-electron chi connectivity index (χ1n) is 5.54. The molecule has 19 heavy (non-hydrogen) atoms. The van der Waals surface area contributed by atoms with Crippen LogP contribution in [0.1, 0.15) is 12.0 Å². The van der Waals surface area contributed by atoms with Crippen LogP contribution in [0, 0.1) is 0 Å². The molecule has 6 nitrogen and oxygen atoms in total. The highest BCUT2D eigenvalue weighted by atomic mass is 32.2. The van der Waals surface area contributed by atoms with Crippen molar-refractivity contribution in [3.63, 3.8) is 0 Å². The Labute approximate surface area is 111 Å². The fourth-order valence-electron chi connectivity index (χ4n) is 1.44. The molecule has 7 heteroatoms. The average Bonchev–Trinajstić information content (AvgIpc) is 2.25. The van der Waals surface area contributed by atoms with Crippen molar-refractivity contribution < 1.29 is 23.1 Å². The average molecular weight is 285 g/mol. The summed E-state index contributed by atoms with van der Waals surface area (Å²) in [5.74, 6) is -2.03. The van der Waals surface area contributed by atoms with Crippen molar-refractivity contribution in [2.45, 2.75) is 12.8 Å². The first-order valence-corrected chi connectivity index (χ1v) is 7.60. The molecule has 104 valence electrons. The van der Waals surface area contributed by atoms with Gasteiger partial charge in [-0.1, -0.05) is 12.1 Å². The van der Waals surface area contributed by atoms with Gasteiger partial charge in [0.1, 0.15) is 5.75 Å². The number of sulfone groups is 1. The van der Waals surface area contributed by atoms with Crippen LogP contribution < -0.4 is 5.32 Å². The van der Waals surface area contributed by atoms with Gasteiger partial charge in [0.15, 0.2) is 9.84 Å².